The van der Waals surface area contributed by atoms with Crippen LogP contribution in [0.4, 0.5) is 9.59 Å². The van der Waals surface area contributed by atoms with E-state index in [9.17, 15) is 14.4 Å². The van der Waals surface area contributed by atoms with Crippen molar-refractivity contribution < 1.29 is 19.1 Å². The van der Waals surface area contributed by atoms with E-state index in [1.54, 1.807) is 6.92 Å². The van der Waals surface area contributed by atoms with E-state index in [4.69, 9.17) is 4.74 Å². The lowest BCUT2D eigenvalue weighted by Crippen LogP contribution is -2.63. The van der Waals surface area contributed by atoms with E-state index >= 15 is 0 Å². The summed E-state index contributed by atoms with van der Waals surface area (Å²) in [5.41, 5.74) is -2.29. The summed E-state index contributed by atoms with van der Waals surface area (Å²) in [4.78, 5) is 36.2. The van der Waals surface area contributed by atoms with E-state index in [1.807, 2.05) is 62.3 Å². The van der Waals surface area contributed by atoms with Crippen LogP contribution < -0.4 is 16.0 Å². The highest BCUT2D eigenvalue weighted by Gasteiger charge is 2.56. The van der Waals surface area contributed by atoms with Crippen molar-refractivity contribution >= 4 is 29.8 Å². The van der Waals surface area contributed by atoms with Crippen molar-refractivity contribution in [1.29, 1.82) is 0 Å². The van der Waals surface area contributed by atoms with Crippen molar-refractivity contribution in [2.45, 2.75) is 95.4 Å². The first-order valence-corrected chi connectivity index (χ1v) is 9.50. The van der Waals surface area contributed by atoms with E-state index in [0.717, 1.165) is 0 Å². The number of nitrogens with one attached hydrogen (secondary N) is 3. The number of ether oxygens (including phenoxy) is 1. The molecule has 0 aromatic carbocycles. The molecule has 150 valence electrons. The number of rotatable bonds is 5. The predicted molar refractivity (Wildman–Crippen MR) is 104 cm³/mol. The number of carbonyl (C=O) groups is 3. The van der Waals surface area contributed by atoms with Gasteiger partial charge in [0.25, 0.3) is 5.91 Å². The molecule has 0 aromatic heterocycles. The van der Waals surface area contributed by atoms with Crippen LogP contribution in [0.3, 0.4) is 0 Å². The minimum atomic E-state index is -1.06. The molecule has 1 aliphatic heterocycles. The normalized spacial score (nSPS) is 21.9. The zero-order valence-electron chi connectivity index (χ0n) is 17.5. The molecule has 7 nitrogen and oxygen atoms in total. The molecule has 0 aliphatic carbocycles. The van der Waals surface area contributed by atoms with Crippen LogP contribution in [0.1, 0.15) is 69.2 Å². The van der Waals surface area contributed by atoms with Gasteiger partial charge in [-0.2, -0.15) is 0 Å². The molecule has 1 fully saturated rings. The molecule has 1 atom stereocenters. The lowest BCUT2D eigenvalue weighted by atomic mass is 9.87. The summed E-state index contributed by atoms with van der Waals surface area (Å²) in [6.45, 7) is 18.8. The second-order valence-electron chi connectivity index (χ2n) is 9.41. The van der Waals surface area contributed by atoms with Crippen molar-refractivity contribution in [2.75, 3.05) is 0 Å². The largest absolute Gasteiger partial charge is 0.444 e. The van der Waals surface area contributed by atoms with E-state index in [2.05, 4.69) is 16.0 Å². The van der Waals surface area contributed by atoms with E-state index < -0.39 is 38.3 Å². The Morgan fingerprint density at radius 2 is 1.54 bits per heavy atom. The number of carbonyl (C=O) groups excluding carboxylic acids is 3. The van der Waals surface area contributed by atoms with Crippen molar-refractivity contribution in [3.05, 3.63) is 0 Å². The SMILES string of the molecule is CC(C)(C)OC(=O)NC(C)(C)C(C)(C)SC(C)(C)C1(C)NC(=O)NC1=O. The zero-order valence-corrected chi connectivity index (χ0v) is 18.4. The molecular weight excluding hydrogens is 354 g/mol. The van der Waals surface area contributed by atoms with Crippen LogP contribution in [0.2, 0.25) is 0 Å². The first-order chi connectivity index (χ1) is 11.3. The minimum absolute atomic E-state index is 0.353. The van der Waals surface area contributed by atoms with Gasteiger partial charge in [-0.25, -0.2) is 9.59 Å². The predicted octanol–water partition coefficient (Wildman–Crippen LogP) is 3.18. The van der Waals surface area contributed by atoms with Crippen LogP contribution in [0.25, 0.3) is 0 Å². The van der Waals surface area contributed by atoms with E-state index in [-0.39, 0.29) is 5.91 Å². The topological polar surface area (TPSA) is 96.5 Å². The quantitative estimate of drug-likeness (QED) is 0.630. The number of hydrogen-bond donors (Lipinski definition) is 3. The number of urea groups is 1. The molecule has 0 bridgehead atoms. The van der Waals surface area contributed by atoms with Gasteiger partial charge in [0, 0.05) is 9.49 Å². The molecular formula is C18H33N3O4S. The first kappa shape index (κ1) is 22.6. The average molecular weight is 388 g/mol. The summed E-state index contributed by atoms with van der Waals surface area (Å²) in [6, 6.07) is -0.491. The van der Waals surface area contributed by atoms with Crippen molar-refractivity contribution in [3.63, 3.8) is 0 Å². The molecule has 26 heavy (non-hydrogen) atoms. The van der Waals surface area contributed by atoms with Gasteiger partial charge < -0.3 is 15.4 Å². The summed E-state index contributed by atoms with van der Waals surface area (Å²) in [7, 11) is 0. The molecule has 8 heteroatoms. The molecule has 1 rings (SSSR count). The third-order valence-corrected chi connectivity index (χ3v) is 7.02. The lowest BCUT2D eigenvalue weighted by Gasteiger charge is -2.49. The molecule has 3 N–H and O–H groups in total. The Morgan fingerprint density at radius 1 is 1.04 bits per heavy atom. The van der Waals surface area contributed by atoms with Crippen molar-refractivity contribution in [1.82, 2.24) is 16.0 Å². The maximum absolute atomic E-state index is 12.3. The maximum Gasteiger partial charge on any atom is 0.408 e. The summed E-state index contributed by atoms with van der Waals surface area (Å²) < 4.78 is 4.25. The highest BCUT2D eigenvalue weighted by atomic mass is 32.2. The van der Waals surface area contributed by atoms with Gasteiger partial charge in [-0.3, -0.25) is 10.1 Å². The number of thioether (sulfide) groups is 1. The Kier molecular flexibility index (Phi) is 5.75. The molecule has 0 spiro atoms. The van der Waals surface area contributed by atoms with Crippen LogP contribution in [0.5, 0.6) is 0 Å². The van der Waals surface area contributed by atoms with E-state index in [1.165, 1.54) is 11.8 Å². The van der Waals surface area contributed by atoms with Crippen LogP contribution >= 0.6 is 11.8 Å². The summed E-state index contributed by atoms with van der Waals surface area (Å²) in [5.74, 6) is -0.353. The smallest absolute Gasteiger partial charge is 0.408 e. The Hall–Kier alpha value is -1.44. The fourth-order valence-corrected chi connectivity index (χ4v) is 4.47. The van der Waals surface area contributed by atoms with E-state index in [0.29, 0.717) is 0 Å². The summed E-state index contributed by atoms with van der Waals surface area (Å²) in [5, 5.41) is 7.97. The number of alkyl carbamates (subject to hydrolysis) is 1. The number of hydrogen-bond acceptors (Lipinski definition) is 5. The third kappa shape index (κ3) is 4.64. The zero-order chi connectivity index (χ0) is 20.8. The molecule has 0 saturated carbocycles. The van der Waals surface area contributed by atoms with Gasteiger partial charge in [0.1, 0.15) is 11.1 Å². The van der Waals surface area contributed by atoms with Gasteiger partial charge in [-0.05, 0) is 69.2 Å². The standard InChI is InChI=1S/C18H33N3O4S/c1-14(2,3)25-13(24)21-15(4,5)16(6,7)26-17(8,9)18(10)11(22)19-12(23)20-18/h1-10H3,(H,21,24)(H2,19,20,22,23). The number of amides is 4. The van der Waals surface area contributed by atoms with Gasteiger partial charge in [-0.15, -0.1) is 11.8 Å². The Morgan fingerprint density at radius 3 is 1.92 bits per heavy atom. The average Bonchev–Trinajstić information content (AvgIpc) is 2.59. The fraction of sp³-hybridized carbons (Fsp3) is 0.833. The van der Waals surface area contributed by atoms with Crippen LogP contribution in [-0.4, -0.2) is 44.2 Å². The van der Waals surface area contributed by atoms with Crippen LogP contribution in [-0.2, 0) is 9.53 Å². The molecule has 4 amide bonds. The van der Waals surface area contributed by atoms with Crippen molar-refractivity contribution in [3.8, 4) is 0 Å². The fourth-order valence-electron chi connectivity index (χ4n) is 2.54. The van der Waals surface area contributed by atoms with Crippen LogP contribution in [0, 0.1) is 0 Å². The number of imide groups is 1. The van der Waals surface area contributed by atoms with Gasteiger partial charge in [0.2, 0.25) is 0 Å². The Bertz CT molecular complexity index is 608. The Balaban J connectivity index is 3.00. The monoisotopic (exact) mass is 387 g/mol. The van der Waals surface area contributed by atoms with Gasteiger partial charge in [0.05, 0.1) is 5.54 Å². The molecule has 1 heterocycles. The van der Waals surface area contributed by atoms with Crippen LogP contribution in [0.15, 0.2) is 0 Å². The summed E-state index contributed by atoms with van der Waals surface area (Å²) in [6.07, 6.45) is -0.493. The second-order valence-corrected chi connectivity index (χ2v) is 11.7. The van der Waals surface area contributed by atoms with Gasteiger partial charge in [0.15, 0.2) is 0 Å². The Labute approximate surface area is 160 Å². The molecule has 0 radical (unpaired) electrons. The molecule has 1 aliphatic rings. The molecule has 0 aromatic rings. The van der Waals surface area contributed by atoms with Gasteiger partial charge in [-0.1, -0.05) is 0 Å². The lowest BCUT2D eigenvalue weighted by molar-refractivity contribution is -0.124. The minimum Gasteiger partial charge on any atom is -0.444 e. The second kappa shape index (κ2) is 6.62. The van der Waals surface area contributed by atoms with Crippen molar-refractivity contribution in [2.24, 2.45) is 0 Å². The molecule has 1 saturated heterocycles. The maximum atomic E-state index is 12.3. The highest BCUT2D eigenvalue weighted by molar-refractivity contribution is 8.02. The van der Waals surface area contributed by atoms with Gasteiger partial charge >= 0.3 is 12.1 Å². The highest BCUT2D eigenvalue weighted by Crippen LogP contribution is 2.48. The molecule has 1 unspecified atom stereocenters. The third-order valence-electron chi connectivity index (χ3n) is 5.08. The summed E-state index contributed by atoms with van der Waals surface area (Å²) >= 11 is 1.53. The first-order valence-electron chi connectivity index (χ1n) is 8.68.